The first kappa shape index (κ1) is 14.5. The van der Waals surface area contributed by atoms with Crippen molar-refractivity contribution in [1.29, 1.82) is 0 Å². The average Bonchev–Trinajstić information content (AvgIpc) is 2.65. The minimum atomic E-state index is 0.0247. The Kier molecular flexibility index (Phi) is 4.20. The maximum absolute atomic E-state index is 12.5. The third-order valence-electron chi connectivity index (χ3n) is 4.43. The number of halogens is 1. The zero-order valence-corrected chi connectivity index (χ0v) is 13.1. The zero-order chi connectivity index (χ0) is 14.8. The largest absolute Gasteiger partial charge is 0.348 e. The lowest BCUT2D eigenvalue weighted by Crippen LogP contribution is -2.35. The second-order valence-electron chi connectivity index (χ2n) is 5.95. The quantitative estimate of drug-likeness (QED) is 0.825. The molecule has 4 heteroatoms. The van der Waals surface area contributed by atoms with Gasteiger partial charge in [-0.05, 0) is 31.0 Å². The van der Waals surface area contributed by atoms with Gasteiger partial charge in [0.2, 0.25) is 0 Å². The van der Waals surface area contributed by atoms with E-state index < -0.39 is 0 Å². The van der Waals surface area contributed by atoms with Crippen LogP contribution in [-0.4, -0.2) is 16.5 Å². The third-order valence-corrected chi connectivity index (χ3v) is 4.67. The SMILES string of the molecule is Cn1c(C(=O)NC2CCCCCC2)cc2ccc(Cl)cc21. The van der Waals surface area contributed by atoms with Crippen LogP contribution < -0.4 is 5.32 Å². The lowest BCUT2D eigenvalue weighted by molar-refractivity contribution is 0.0925. The van der Waals surface area contributed by atoms with Crippen molar-refractivity contribution in [3.05, 3.63) is 35.0 Å². The van der Waals surface area contributed by atoms with Crippen LogP contribution in [0.5, 0.6) is 0 Å². The summed E-state index contributed by atoms with van der Waals surface area (Å²) >= 11 is 6.04. The summed E-state index contributed by atoms with van der Waals surface area (Å²) in [4.78, 5) is 12.5. The molecule has 1 aromatic heterocycles. The topological polar surface area (TPSA) is 34.0 Å². The van der Waals surface area contributed by atoms with Gasteiger partial charge in [0, 0.05) is 29.0 Å². The number of aromatic nitrogens is 1. The van der Waals surface area contributed by atoms with E-state index in [1.54, 1.807) is 0 Å². The summed E-state index contributed by atoms with van der Waals surface area (Å²) < 4.78 is 1.92. The Hall–Kier alpha value is -1.48. The number of carbonyl (C=O) groups excluding carboxylic acids is 1. The first-order valence-corrected chi connectivity index (χ1v) is 8.09. The number of hydrogen-bond acceptors (Lipinski definition) is 1. The number of amides is 1. The average molecular weight is 305 g/mol. The van der Waals surface area contributed by atoms with Gasteiger partial charge >= 0.3 is 0 Å². The summed E-state index contributed by atoms with van der Waals surface area (Å²) in [7, 11) is 1.92. The lowest BCUT2D eigenvalue weighted by atomic mass is 10.1. The summed E-state index contributed by atoms with van der Waals surface area (Å²) in [5, 5.41) is 4.94. The second-order valence-corrected chi connectivity index (χ2v) is 6.39. The monoisotopic (exact) mass is 304 g/mol. The van der Waals surface area contributed by atoms with E-state index in [4.69, 9.17) is 11.6 Å². The summed E-state index contributed by atoms with van der Waals surface area (Å²) in [5.41, 5.74) is 1.70. The highest BCUT2D eigenvalue weighted by Crippen LogP contribution is 2.23. The molecule has 0 spiro atoms. The first-order valence-electron chi connectivity index (χ1n) is 7.71. The Morgan fingerprint density at radius 3 is 2.62 bits per heavy atom. The highest BCUT2D eigenvalue weighted by atomic mass is 35.5. The molecule has 0 atom stereocenters. The summed E-state index contributed by atoms with van der Waals surface area (Å²) in [6.45, 7) is 0. The Morgan fingerprint density at radius 1 is 1.19 bits per heavy atom. The molecule has 1 aromatic carbocycles. The van der Waals surface area contributed by atoms with E-state index in [1.165, 1.54) is 25.7 Å². The number of hydrogen-bond donors (Lipinski definition) is 1. The molecule has 2 aromatic rings. The van der Waals surface area contributed by atoms with E-state index in [-0.39, 0.29) is 5.91 Å². The number of fused-ring (bicyclic) bond motifs is 1. The molecule has 1 fully saturated rings. The molecule has 0 radical (unpaired) electrons. The predicted molar refractivity (Wildman–Crippen MR) is 86.9 cm³/mol. The van der Waals surface area contributed by atoms with Gasteiger partial charge in [0.15, 0.2) is 0 Å². The van der Waals surface area contributed by atoms with Crippen LogP contribution in [-0.2, 0) is 7.05 Å². The molecule has 3 rings (SSSR count). The molecule has 0 aliphatic heterocycles. The lowest BCUT2D eigenvalue weighted by Gasteiger charge is -2.16. The van der Waals surface area contributed by atoms with E-state index in [0.29, 0.717) is 16.8 Å². The van der Waals surface area contributed by atoms with Crippen LogP contribution in [0.25, 0.3) is 10.9 Å². The normalized spacial score (nSPS) is 16.9. The minimum Gasteiger partial charge on any atom is -0.348 e. The van der Waals surface area contributed by atoms with Crippen LogP contribution in [0.2, 0.25) is 5.02 Å². The van der Waals surface area contributed by atoms with Crippen LogP contribution in [0.15, 0.2) is 24.3 Å². The minimum absolute atomic E-state index is 0.0247. The molecule has 1 amide bonds. The summed E-state index contributed by atoms with van der Waals surface area (Å²) in [6.07, 6.45) is 7.21. The van der Waals surface area contributed by atoms with Crippen molar-refractivity contribution in [2.45, 2.75) is 44.6 Å². The number of rotatable bonds is 2. The highest BCUT2D eigenvalue weighted by molar-refractivity contribution is 6.31. The predicted octanol–water partition coefficient (Wildman–Crippen LogP) is 4.28. The molecule has 1 aliphatic carbocycles. The van der Waals surface area contributed by atoms with Gasteiger partial charge in [-0.3, -0.25) is 4.79 Å². The second kappa shape index (κ2) is 6.10. The van der Waals surface area contributed by atoms with Crippen molar-refractivity contribution in [2.75, 3.05) is 0 Å². The molecular formula is C17H21ClN2O. The Bertz CT molecular complexity index is 654. The third kappa shape index (κ3) is 3.08. The van der Waals surface area contributed by atoms with Crippen molar-refractivity contribution in [2.24, 2.45) is 7.05 Å². The molecule has 1 aliphatic rings. The van der Waals surface area contributed by atoms with E-state index in [2.05, 4.69) is 5.32 Å². The van der Waals surface area contributed by atoms with E-state index in [9.17, 15) is 4.79 Å². The smallest absolute Gasteiger partial charge is 0.268 e. The number of nitrogens with zero attached hydrogens (tertiary/aromatic N) is 1. The van der Waals surface area contributed by atoms with Crippen molar-refractivity contribution in [3.8, 4) is 0 Å². The van der Waals surface area contributed by atoms with Crippen LogP contribution in [0.3, 0.4) is 0 Å². The summed E-state index contributed by atoms with van der Waals surface area (Å²) in [6, 6.07) is 7.98. The van der Waals surface area contributed by atoms with Gasteiger partial charge in [0.25, 0.3) is 5.91 Å². The van der Waals surface area contributed by atoms with Gasteiger partial charge in [0.05, 0.1) is 0 Å². The molecule has 0 unspecified atom stereocenters. The molecule has 0 saturated heterocycles. The molecule has 112 valence electrons. The maximum Gasteiger partial charge on any atom is 0.268 e. The fourth-order valence-electron chi connectivity index (χ4n) is 3.20. The maximum atomic E-state index is 12.5. The van der Waals surface area contributed by atoms with Crippen LogP contribution in [0, 0.1) is 0 Å². The van der Waals surface area contributed by atoms with Crippen molar-refractivity contribution >= 4 is 28.4 Å². The van der Waals surface area contributed by atoms with Crippen LogP contribution >= 0.6 is 11.6 Å². The Balaban J connectivity index is 1.82. The molecule has 3 nitrogen and oxygen atoms in total. The first-order chi connectivity index (χ1) is 10.1. The van der Waals surface area contributed by atoms with Crippen molar-refractivity contribution in [1.82, 2.24) is 9.88 Å². The van der Waals surface area contributed by atoms with E-state index >= 15 is 0 Å². The zero-order valence-electron chi connectivity index (χ0n) is 12.4. The highest BCUT2D eigenvalue weighted by Gasteiger charge is 2.18. The van der Waals surface area contributed by atoms with Crippen molar-refractivity contribution < 1.29 is 4.79 Å². The molecule has 1 saturated carbocycles. The number of carbonyl (C=O) groups is 1. The van der Waals surface area contributed by atoms with Gasteiger partial charge in [-0.1, -0.05) is 43.4 Å². The van der Waals surface area contributed by atoms with Crippen molar-refractivity contribution in [3.63, 3.8) is 0 Å². The van der Waals surface area contributed by atoms with Crippen LogP contribution in [0.4, 0.5) is 0 Å². The van der Waals surface area contributed by atoms with Gasteiger partial charge in [-0.15, -0.1) is 0 Å². The Labute approximate surface area is 130 Å². The van der Waals surface area contributed by atoms with Gasteiger partial charge in [-0.2, -0.15) is 0 Å². The molecule has 1 N–H and O–H groups in total. The molecular weight excluding hydrogens is 284 g/mol. The number of aryl methyl sites for hydroxylation is 1. The van der Waals surface area contributed by atoms with Gasteiger partial charge in [-0.25, -0.2) is 0 Å². The van der Waals surface area contributed by atoms with Gasteiger partial charge in [0.1, 0.15) is 5.69 Å². The van der Waals surface area contributed by atoms with Gasteiger partial charge < -0.3 is 9.88 Å². The van der Waals surface area contributed by atoms with E-state index in [0.717, 1.165) is 23.7 Å². The Morgan fingerprint density at radius 2 is 1.90 bits per heavy atom. The van der Waals surface area contributed by atoms with Crippen LogP contribution in [0.1, 0.15) is 49.0 Å². The fourth-order valence-corrected chi connectivity index (χ4v) is 3.37. The summed E-state index contributed by atoms with van der Waals surface area (Å²) in [5.74, 6) is 0.0247. The molecule has 1 heterocycles. The standard InChI is InChI=1S/C17H21ClN2O/c1-20-15-11-13(18)9-8-12(15)10-16(20)17(21)19-14-6-4-2-3-5-7-14/h8-11,14H,2-7H2,1H3,(H,19,21). The molecule has 0 bridgehead atoms. The molecule has 21 heavy (non-hydrogen) atoms. The number of benzene rings is 1. The fraction of sp³-hybridized carbons (Fsp3) is 0.471. The number of nitrogens with one attached hydrogen (secondary N) is 1. The van der Waals surface area contributed by atoms with E-state index in [1.807, 2.05) is 35.9 Å².